The number of anilines is 1. The van der Waals surface area contributed by atoms with Crippen LogP contribution in [0.1, 0.15) is 33.5 Å². The molecule has 0 aliphatic heterocycles. The number of nitrogens with zero attached hydrogens (tertiary/aromatic N) is 2. The van der Waals surface area contributed by atoms with Gasteiger partial charge in [-0.15, -0.1) is 0 Å². The molecule has 0 bridgehead atoms. The number of halogens is 1. The molecule has 1 aromatic carbocycles. The normalized spacial score (nSPS) is 16.1. The SMILES string of the molecule is O=S(=O)(O)O.[2H]C([2H])([2H])C([2H])([2H])N(CCO)CCCC(C)Nc1ccnc2cc(Cl)ccc12. The van der Waals surface area contributed by atoms with Gasteiger partial charge in [0.15, 0.2) is 0 Å². The average molecular weight is 439 g/mol. The highest BCUT2D eigenvalue weighted by atomic mass is 35.5. The maximum atomic E-state index is 9.17. The number of hydrogen-bond acceptors (Lipinski definition) is 6. The van der Waals surface area contributed by atoms with Crippen LogP contribution in [0.5, 0.6) is 0 Å². The van der Waals surface area contributed by atoms with Crippen LogP contribution in [-0.2, 0) is 10.4 Å². The van der Waals surface area contributed by atoms with Gasteiger partial charge in [0.1, 0.15) is 0 Å². The quantitative estimate of drug-likeness (QED) is 0.440. The summed E-state index contributed by atoms with van der Waals surface area (Å²) in [4.78, 5) is 5.51. The van der Waals surface area contributed by atoms with E-state index in [-0.39, 0.29) is 25.7 Å². The number of likely N-dealkylation sites (N-methyl/N-ethyl adjacent to an activating group) is 1. The first-order valence-corrected chi connectivity index (χ1v) is 10.2. The zero-order chi connectivity index (χ0) is 25.4. The standard InChI is InChI=1S/C18H26ClN3O.H2O4S/c1-3-22(11-12-23)10-4-5-14(2)21-17-8-9-20-18-13-15(19)6-7-16(17)18;1-5(2,3)4/h6-9,13-14,23H,3-5,10-12H2,1-2H3,(H,20,21);(H2,1,2,3,4)/i1D3,3D2;. The van der Waals surface area contributed by atoms with Crippen LogP contribution in [-0.4, -0.2) is 64.7 Å². The Bertz CT molecular complexity index is 1000. The fraction of sp³-hybridized carbons (Fsp3) is 0.500. The third-order valence-corrected chi connectivity index (χ3v) is 3.93. The van der Waals surface area contributed by atoms with Crippen LogP contribution < -0.4 is 5.32 Å². The van der Waals surface area contributed by atoms with Crippen molar-refractivity contribution in [2.24, 2.45) is 0 Å². The third-order valence-electron chi connectivity index (χ3n) is 3.70. The van der Waals surface area contributed by atoms with Gasteiger partial charge in [-0.25, -0.2) is 0 Å². The van der Waals surface area contributed by atoms with E-state index in [2.05, 4.69) is 10.3 Å². The summed E-state index contributed by atoms with van der Waals surface area (Å²) in [5, 5.41) is 14.2. The second kappa shape index (κ2) is 12.2. The second-order valence-corrected chi connectivity index (χ2v) is 7.31. The molecule has 4 N–H and O–H groups in total. The lowest BCUT2D eigenvalue weighted by Gasteiger charge is -2.21. The summed E-state index contributed by atoms with van der Waals surface area (Å²) in [6, 6.07) is 7.49. The minimum absolute atomic E-state index is 0.0249. The minimum Gasteiger partial charge on any atom is -0.395 e. The highest BCUT2D eigenvalue weighted by Gasteiger charge is 2.08. The molecule has 1 heterocycles. The molecule has 0 fully saturated rings. The first kappa shape index (κ1) is 17.4. The fourth-order valence-electron chi connectivity index (χ4n) is 2.52. The maximum absolute atomic E-state index is 9.17. The molecule has 0 amide bonds. The van der Waals surface area contributed by atoms with Gasteiger partial charge in [0.2, 0.25) is 0 Å². The molecule has 158 valence electrons. The van der Waals surface area contributed by atoms with Crippen molar-refractivity contribution in [3.8, 4) is 0 Å². The van der Waals surface area contributed by atoms with E-state index in [0.29, 0.717) is 17.9 Å². The Balaban J connectivity index is 0.000000981. The van der Waals surface area contributed by atoms with Crippen molar-refractivity contribution >= 4 is 38.6 Å². The van der Waals surface area contributed by atoms with Gasteiger partial charge in [-0.2, -0.15) is 8.42 Å². The summed E-state index contributed by atoms with van der Waals surface area (Å²) < 4.78 is 69.6. The molecule has 1 atom stereocenters. The van der Waals surface area contributed by atoms with Gasteiger partial charge in [-0.1, -0.05) is 18.5 Å². The van der Waals surface area contributed by atoms with Crippen LogP contribution in [0.25, 0.3) is 10.9 Å². The first-order valence-electron chi connectivity index (χ1n) is 10.9. The maximum Gasteiger partial charge on any atom is 0.394 e. The summed E-state index contributed by atoms with van der Waals surface area (Å²) in [6.45, 7) is -3.32. The number of pyridine rings is 1. The Kier molecular flexibility index (Phi) is 7.54. The van der Waals surface area contributed by atoms with Gasteiger partial charge in [0, 0.05) is 41.7 Å². The topological polar surface area (TPSA) is 123 Å². The van der Waals surface area contributed by atoms with E-state index in [9.17, 15) is 0 Å². The predicted molar refractivity (Wildman–Crippen MR) is 112 cm³/mol. The molecule has 0 radical (unpaired) electrons. The summed E-state index contributed by atoms with van der Waals surface area (Å²) in [7, 11) is -4.67. The molecule has 8 nitrogen and oxygen atoms in total. The Morgan fingerprint density at radius 1 is 1.36 bits per heavy atom. The Labute approximate surface area is 178 Å². The van der Waals surface area contributed by atoms with Crippen LogP contribution in [0, 0.1) is 0 Å². The molecule has 0 saturated heterocycles. The molecule has 0 spiro atoms. The number of nitrogens with one attached hydrogen (secondary N) is 1. The zero-order valence-electron chi connectivity index (χ0n) is 20.3. The Hall–Kier alpha value is -1.49. The molecule has 2 aromatic rings. The van der Waals surface area contributed by atoms with Crippen molar-refractivity contribution in [2.45, 2.75) is 32.7 Å². The van der Waals surface area contributed by atoms with Crippen molar-refractivity contribution < 1.29 is 29.5 Å². The summed E-state index contributed by atoms with van der Waals surface area (Å²) in [6.07, 6.45) is 3.00. The molecule has 28 heavy (non-hydrogen) atoms. The van der Waals surface area contributed by atoms with Crippen molar-refractivity contribution in [2.75, 3.05) is 31.5 Å². The summed E-state index contributed by atoms with van der Waals surface area (Å²) in [5.41, 5.74) is 1.73. The lowest BCUT2D eigenvalue weighted by Crippen LogP contribution is -2.28. The molecular weight excluding hydrogens is 406 g/mol. The summed E-state index contributed by atoms with van der Waals surface area (Å²) in [5.74, 6) is 0. The number of aliphatic hydroxyl groups is 1. The van der Waals surface area contributed by atoms with E-state index >= 15 is 0 Å². The lowest BCUT2D eigenvalue weighted by atomic mass is 10.1. The smallest absolute Gasteiger partial charge is 0.394 e. The highest BCUT2D eigenvalue weighted by Crippen LogP contribution is 2.25. The van der Waals surface area contributed by atoms with Gasteiger partial charge in [0.25, 0.3) is 0 Å². The van der Waals surface area contributed by atoms with E-state index in [0.717, 1.165) is 16.6 Å². The van der Waals surface area contributed by atoms with Gasteiger partial charge in [0.05, 0.1) is 12.1 Å². The molecule has 1 unspecified atom stereocenters. The molecule has 0 saturated carbocycles. The zero-order valence-corrected chi connectivity index (χ0v) is 16.9. The van der Waals surface area contributed by atoms with Gasteiger partial charge >= 0.3 is 10.4 Å². The molecule has 0 aliphatic rings. The van der Waals surface area contributed by atoms with Crippen LogP contribution in [0.15, 0.2) is 30.5 Å². The fourth-order valence-corrected chi connectivity index (χ4v) is 2.68. The first-order chi connectivity index (χ1) is 15.1. The number of benzene rings is 1. The molecule has 0 aliphatic carbocycles. The van der Waals surface area contributed by atoms with Gasteiger partial charge < -0.3 is 15.3 Å². The number of aliphatic hydroxyl groups excluding tert-OH is 1. The highest BCUT2D eigenvalue weighted by molar-refractivity contribution is 7.79. The van der Waals surface area contributed by atoms with Crippen LogP contribution in [0.2, 0.25) is 5.02 Å². The lowest BCUT2D eigenvalue weighted by molar-refractivity contribution is 0.199. The van der Waals surface area contributed by atoms with Crippen molar-refractivity contribution in [3.05, 3.63) is 35.5 Å². The van der Waals surface area contributed by atoms with Gasteiger partial charge in [-0.3, -0.25) is 14.1 Å². The van der Waals surface area contributed by atoms with E-state index in [1.54, 1.807) is 12.3 Å². The third kappa shape index (κ3) is 10.2. The number of rotatable bonds is 9. The minimum atomic E-state index is -4.67. The monoisotopic (exact) mass is 438 g/mol. The number of hydrogen-bond donors (Lipinski definition) is 4. The number of aromatic nitrogens is 1. The largest absolute Gasteiger partial charge is 0.395 e. The molecule has 2 rings (SSSR count). The van der Waals surface area contributed by atoms with E-state index in [4.69, 9.17) is 41.1 Å². The van der Waals surface area contributed by atoms with E-state index < -0.39 is 23.7 Å². The van der Waals surface area contributed by atoms with E-state index in [1.165, 1.54) is 4.90 Å². The Morgan fingerprint density at radius 3 is 2.71 bits per heavy atom. The van der Waals surface area contributed by atoms with Gasteiger partial charge in [-0.05, 0) is 57.1 Å². The van der Waals surface area contributed by atoms with E-state index in [1.807, 2.05) is 25.1 Å². The second-order valence-electron chi connectivity index (χ2n) is 5.98. The summed E-state index contributed by atoms with van der Waals surface area (Å²) >= 11 is 6.02. The van der Waals surface area contributed by atoms with Crippen molar-refractivity contribution in [1.29, 1.82) is 0 Å². The van der Waals surface area contributed by atoms with Crippen LogP contribution in [0.4, 0.5) is 5.69 Å². The number of fused-ring (bicyclic) bond motifs is 1. The van der Waals surface area contributed by atoms with Crippen LogP contribution in [0.3, 0.4) is 0 Å². The molecular formula is C18H28ClN3O5S. The predicted octanol–water partition coefficient (Wildman–Crippen LogP) is 3.13. The van der Waals surface area contributed by atoms with Crippen molar-refractivity contribution in [1.82, 2.24) is 9.88 Å². The van der Waals surface area contributed by atoms with Crippen LogP contribution >= 0.6 is 11.6 Å². The molecule has 1 aromatic heterocycles. The van der Waals surface area contributed by atoms with Crippen molar-refractivity contribution in [3.63, 3.8) is 0 Å². The molecule has 10 heteroatoms. The average Bonchev–Trinajstić information content (AvgIpc) is 2.65. The Morgan fingerprint density at radius 2 is 2.07 bits per heavy atom.